The summed E-state index contributed by atoms with van der Waals surface area (Å²) in [5.74, 6) is -1.58. The predicted octanol–water partition coefficient (Wildman–Crippen LogP) is 1.09. The highest BCUT2D eigenvalue weighted by molar-refractivity contribution is 5.87. The van der Waals surface area contributed by atoms with Crippen LogP contribution < -0.4 is 5.43 Å². The van der Waals surface area contributed by atoms with Crippen molar-refractivity contribution in [1.82, 2.24) is 14.4 Å². The van der Waals surface area contributed by atoms with Crippen molar-refractivity contribution < 1.29 is 14.3 Å². The number of nitrogens with zero attached hydrogens (tertiary/aromatic N) is 3. The van der Waals surface area contributed by atoms with Gasteiger partial charge in [-0.15, -0.1) is 0 Å². The topological polar surface area (TPSA) is 65.8 Å². The highest BCUT2D eigenvalue weighted by Crippen LogP contribution is 2.28. The highest BCUT2D eigenvalue weighted by atomic mass is 19.1. The summed E-state index contributed by atoms with van der Waals surface area (Å²) in [5, 5.41) is 9.20. The number of pyridine rings is 1. The Labute approximate surface area is 139 Å². The molecule has 130 valence electrons. The summed E-state index contributed by atoms with van der Waals surface area (Å²) in [6, 6.07) is 0. The van der Waals surface area contributed by atoms with E-state index in [-0.39, 0.29) is 23.4 Å². The van der Waals surface area contributed by atoms with Crippen molar-refractivity contribution in [3.63, 3.8) is 0 Å². The molecule has 1 N–H and O–H groups in total. The lowest BCUT2D eigenvalue weighted by Crippen LogP contribution is -2.45. The van der Waals surface area contributed by atoms with Crippen LogP contribution in [0.1, 0.15) is 28.5 Å². The van der Waals surface area contributed by atoms with Gasteiger partial charge in [0, 0.05) is 63.0 Å². The summed E-state index contributed by atoms with van der Waals surface area (Å²) in [4.78, 5) is 27.9. The number of likely N-dealkylation sites (N-methyl/N-ethyl adjacent to an activating group) is 1. The Morgan fingerprint density at radius 1 is 1.25 bits per heavy atom. The van der Waals surface area contributed by atoms with Gasteiger partial charge in [-0.3, -0.25) is 4.79 Å². The van der Waals surface area contributed by atoms with Gasteiger partial charge < -0.3 is 19.5 Å². The van der Waals surface area contributed by atoms with Gasteiger partial charge >= 0.3 is 5.97 Å². The van der Waals surface area contributed by atoms with E-state index < -0.39 is 11.4 Å². The average Bonchev–Trinajstić information content (AvgIpc) is 2.56. The number of aromatic nitrogens is 1. The zero-order valence-electron chi connectivity index (χ0n) is 14.0. The zero-order valence-corrected chi connectivity index (χ0v) is 14.0. The third-order valence-electron chi connectivity index (χ3n) is 4.93. The molecule has 0 amide bonds. The number of aryl methyl sites for hydroxylation is 1. The molecule has 1 aromatic heterocycles. The van der Waals surface area contributed by atoms with Crippen LogP contribution in [0.2, 0.25) is 0 Å². The minimum atomic E-state index is -1.26. The lowest BCUT2D eigenvalue weighted by atomic mass is 9.95. The molecule has 1 aromatic rings. The van der Waals surface area contributed by atoms with Crippen LogP contribution in [0.3, 0.4) is 0 Å². The van der Waals surface area contributed by atoms with Gasteiger partial charge in [-0.2, -0.15) is 0 Å². The molecule has 2 aliphatic rings. The van der Waals surface area contributed by atoms with Gasteiger partial charge in [0.15, 0.2) is 5.43 Å². The van der Waals surface area contributed by atoms with Crippen LogP contribution in [0.4, 0.5) is 4.39 Å². The van der Waals surface area contributed by atoms with Crippen molar-refractivity contribution in [2.24, 2.45) is 0 Å². The van der Waals surface area contributed by atoms with E-state index in [0.717, 1.165) is 31.9 Å². The molecule has 3 rings (SSSR count). The van der Waals surface area contributed by atoms with E-state index in [2.05, 4.69) is 4.90 Å². The molecule has 0 spiro atoms. The quantitative estimate of drug-likeness (QED) is 0.896. The fourth-order valence-electron chi connectivity index (χ4n) is 3.46. The Balaban J connectivity index is 2.00. The second kappa shape index (κ2) is 6.39. The second-order valence-corrected chi connectivity index (χ2v) is 6.38. The molecule has 0 unspecified atom stereocenters. The third-order valence-corrected chi connectivity index (χ3v) is 4.93. The Bertz CT molecular complexity index is 761. The normalized spacial score (nSPS) is 18.7. The molecule has 1 fully saturated rings. The Hall–Kier alpha value is -2.15. The van der Waals surface area contributed by atoms with Gasteiger partial charge in [-0.25, -0.2) is 9.18 Å². The van der Waals surface area contributed by atoms with Crippen LogP contribution in [-0.2, 0) is 19.4 Å². The Morgan fingerprint density at radius 3 is 2.50 bits per heavy atom. The number of hydrogen-bond donors (Lipinski definition) is 1. The molecule has 0 aromatic carbocycles. The maximum absolute atomic E-state index is 14.7. The molecule has 1 aliphatic heterocycles. The fraction of sp³-hybridized carbons (Fsp3) is 0.529. The zero-order chi connectivity index (χ0) is 17.4. The lowest BCUT2D eigenvalue weighted by molar-refractivity contribution is 0.0694. The molecule has 0 atom stereocenters. The minimum Gasteiger partial charge on any atom is -0.477 e. The summed E-state index contributed by atoms with van der Waals surface area (Å²) >= 11 is 0. The fourth-order valence-corrected chi connectivity index (χ4v) is 3.46. The van der Waals surface area contributed by atoms with E-state index in [0.29, 0.717) is 18.7 Å². The van der Waals surface area contributed by atoms with E-state index >= 15 is 0 Å². The van der Waals surface area contributed by atoms with Gasteiger partial charge in [0.2, 0.25) is 0 Å². The van der Waals surface area contributed by atoms with E-state index in [1.807, 2.05) is 18.9 Å². The second-order valence-electron chi connectivity index (χ2n) is 6.38. The van der Waals surface area contributed by atoms with E-state index in [1.165, 1.54) is 6.20 Å². The van der Waals surface area contributed by atoms with Gasteiger partial charge in [0.05, 0.1) is 5.70 Å². The summed E-state index contributed by atoms with van der Waals surface area (Å²) in [6.07, 6.45) is 1.61. The van der Waals surface area contributed by atoms with Crippen molar-refractivity contribution in [3.05, 3.63) is 44.8 Å². The van der Waals surface area contributed by atoms with Crippen LogP contribution in [0.15, 0.2) is 22.5 Å². The number of piperazine rings is 1. The standard InChI is InChI=1S/C17H22FN3O3/c1-3-20-10-12(17(23)24)16(22)11-8-13(18)15(9-14(11)20)21-6-4-19(2)5-7-21/h10H,3-9H2,1-2H3,(H,23,24). The number of allylic oxidation sites excluding steroid dienone is 2. The predicted molar refractivity (Wildman–Crippen MR) is 87.9 cm³/mol. The first-order valence-electron chi connectivity index (χ1n) is 8.21. The maximum Gasteiger partial charge on any atom is 0.341 e. The molecular formula is C17H22FN3O3. The third kappa shape index (κ3) is 2.84. The number of halogens is 1. The summed E-state index contributed by atoms with van der Waals surface area (Å²) in [7, 11) is 2.04. The first kappa shape index (κ1) is 16.7. The first-order chi connectivity index (χ1) is 11.4. The van der Waals surface area contributed by atoms with Gasteiger partial charge in [0.25, 0.3) is 0 Å². The van der Waals surface area contributed by atoms with E-state index in [9.17, 15) is 19.1 Å². The van der Waals surface area contributed by atoms with Gasteiger partial charge in [-0.05, 0) is 14.0 Å². The van der Waals surface area contributed by atoms with Crippen LogP contribution >= 0.6 is 0 Å². The maximum atomic E-state index is 14.7. The molecule has 2 heterocycles. The minimum absolute atomic E-state index is 0.114. The molecule has 1 saturated heterocycles. The van der Waals surface area contributed by atoms with Crippen molar-refractivity contribution >= 4 is 5.97 Å². The lowest BCUT2D eigenvalue weighted by Gasteiger charge is -2.37. The average molecular weight is 335 g/mol. The first-order valence-corrected chi connectivity index (χ1v) is 8.21. The Morgan fingerprint density at radius 2 is 1.92 bits per heavy atom. The molecule has 1 aliphatic carbocycles. The highest BCUT2D eigenvalue weighted by Gasteiger charge is 2.29. The van der Waals surface area contributed by atoms with E-state index in [1.54, 1.807) is 4.57 Å². The summed E-state index contributed by atoms with van der Waals surface area (Å²) in [5.41, 5.74) is 0.816. The molecule has 7 heteroatoms. The van der Waals surface area contributed by atoms with Crippen LogP contribution in [-0.4, -0.2) is 58.7 Å². The number of carbonyl (C=O) groups is 1. The summed E-state index contributed by atoms with van der Waals surface area (Å²) in [6.45, 7) is 5.71. The molecular weight excluding hydrogens is 313 g/mol. The molecule has 24 heavy (non-hydrogen) atoms. The number of hydrogen-bond acceptors (Lipinski definition) is 4. The number of aromatic carboxylic acids is 1. The van der Waals surface area contributed by atoms with Gasteiger partial charge in [0.1, 0.15) is 11.4 Å². The molecule has 6 nitrogen and oxygen atoms in total. The van der Waals surface area contributed by atoms with Crippen LogP contribution in [0.25, 0.3) is 0 Å². The number of fused-ring (bicyclic) bond motifs is 1. The largest absolute Gasteiger partial charge is 0.477 e. The summed E-state index contributed by atoms with van der Waals surface area (Å²) < 4.78 is 16.5. The van der Waals surface area contributed by atoms with Crippen LogP contribution in [0.5, 0.6) is 0 Å². The van der Waals surface area contributed by atoms with Crippen molar-refractivity contribution in [2.75, 3.05) is 33.2 Å². The van der Waals surface area contributed by atoms with Crippen molar-refractivity contribution in [2.45, 2.75) is 26.3 Å². The van der Waals surface area contributed by atoms with Gasteiger partial charge in [-0.1, -0.05) is 0 Å². The SMILES string of the molecule is CCn1cc(C(=O)O)c(=O)c2c1CC(N1CCN(C)CC1)=C(F)C2. The number of carboxylic acids is 1. The van der Waals surface area contributed by atoms with Crippen molar-refractivity contribution in [3.8, 4) is 0 Å². The molecule has 0 radical (unpaired) electrons. The monoisotopic (exact) mass is 335 g/mol. The van der Waals surface area contributed by atoms with Crippen molar-refractivity contribution in [1.29, 1.82) is 0 Å². The smallest absolute Gasteiger partial charge is 0.341 e. The number of rotatable bonds is 3. The molecule has 0 bridgehead atoms. The van der Waals surface area contributed by atoms with E-state index in [4.69, 9.17) is 0 Å². The molecule has 0 saturated carbocycles. The Kier molecular flexibility index (Phi) is 4.45. The van der Waals surface area contributed by atoms with Crippen LogP contribution in [0, 0.1) is 0 Å². The number of carboxylic acid groups (broad SMARTS) is 1.